The van der Waals surface area contributed by atoms with Crippen molar-refractivity contribution in [2.24, 2.45) is 5.92 Å². The molecule has 1 fully saturated rings. The van der Waals surface area contributed by atoms with Gasteiger partial charge in [-0.1, -0.05) is 30.3 Å². The minimum atomic E-state index is -4.55. The van der Waals surface area contributed by atoms with E-state index in [2.05, 4.69) is 0 Å². The number of benzene rings is 2. The van der Waals surface area contributed by atoms with E-state index in [1.807, 2.05) is 30.3 Å². The van der Waals surface area contributed by atoms with Crippen LogP contribution in [0.25, 0.3) is 0 Å². The van der Waals surface area contributed by atoms with Gasteiger partial charge in [0.15, 0.2) is 0 Å². The van der Waals surface area contributed by atoms with E-state index < -0.39 is 39.8 Å². The van der Waals surface area contributed by atoms with Gasteiger partial charge in [-0.2, -0.15) is 21.6 Å². The molecule has 1 aliphatic rings. The fraction of sp³-hybridized carbons (Fsp3) is 0.350. The number of carbonyl (C=O) groups is 1. The van der Waals surface area contributed by atoms with Gasteiger partial charge in [-0.25, -0.2) is 0 Å². The van der Waals surface area contributed by atoms with E-state index in [9.17, 15) is 26.4 Å². The molecule has 29 heavy (non-hydrogen) atoms. The SMILES string of the molecule is O=C(OCc1ccccc1)C1CCC(OS(=O)(=O)c2ccc(C(F)(F)F)cc2)C1. The normalized spacial score (nSPS) is 19.8. The molecule has 0 amide bonds. The maximum absolute atomic E-state index is 12.6. The number of halogens is 3. The molecule has 0 spiro atoms. The lowest BCUT2D eigenvalue weighted by Gasteiger charge is -2.13. The standard InChI is InChI=1S/C20H19F3O5S/c21-20(22,23)16-7-10-18(11-8-16)29(25,26)28-17-9-6-15(12-17)19(24)27-13-14-4-2-1-3-5-14/h1-5,7-8,10-11,15,17H,6,9,12-13H2. The van der Waals surface area contributed by atoms with Crippen LogP contribution >= 0.6 is 0 Å². The minimum Gasteiger partial charge on any atom is -0.461 e. The van der Waals surface area contributed by atoms with Crippen LogP contribution in [0.1, 0.15) is 30.4 Å². The number of esters is 1. The third kappa shape index (κ3) is 5.57. The minimum absolute atomic E-state index is 0.131. The molecule has 5 nitrogen and oxygen atoms in total. The molecule has 156 valence electrons. The quantitative estimate of drug-likeness (QED) is 0.506. The van der Waals surface area contributed by atoms with E-state index in [1.165, 1.54) is 0 Å². The van der Waals surface area contributed by atoms with Crippen molar-refractivity contribution in [3.05, 3.63) is 65.7 Å². The lowest BCUT2D eigenvalue weighted by atomic mass is 10.1. The zero-order valence-corrected chi connectivity index (χ0v) is 16.1. The molecule has 2 aromatic rings. The van der Waals surface area contributed by atoms with Crippen LogP contribution in [0.5, 0.6) is 0 Å². The summed E-state index contributed by atoms with van der Waals surface area (Å²) in [5.74, 6) is -0.904. The average molecular weight is 428 g/mol. The summed E-state index contributed by atoms with van der Waals surface area (Å²) in [6.07, 6.45) is -4.35. The lowest BCUT2D eigenvalue weighted by Crippen LogP contribution is -2.19. The van der Waals surface area contributed by atoms with Crippen LogP contribution in [-0.4, -0.2) is 20.5 Å². The van der Waals surface area contributed by atoms with Gasteiger partial charge in [0.05, 0.1) is 22.5 Å². The molecular formula is C20H19F3O5S. The molecular weight excluding hydrogens is 409 g/mol. The monoisotopic (exact) mass is 428 g/mol. The maximum atomic E-state index is 12.6. The first-order chi connectivity index (χ1) is 13.6. The summed E-state index contributed by atoms with van der Waals surface area (Å²) in [7, 11) is -4.23. The molecule has 2 atom stereocenters. The number of carbonyl (C=O) groups excluding carboxylic acids is 1. The highest BCUT2D eigenvalue weighted by atomic mass is 32.2. The second-order valence-corrected chi connectivity index (χ2v) is 8.37. The van der Waals surface area contributed by atoms with Gasteiger partial charge < -0.3 is 4.74 Å². The van der Waals surface area contributed by atoms with E-state index in [1.54, 1.807) is 0 Å². The number of alkyl halides is 3. The van der Waals surface area contributed by atoms with Gasteiger partial charge in [0.25, 0.3) is 10.1 Å². The Bertz CT molecular complexity index is 940. The van der Waals surface area contributed by atoms with Crippen molar-refractivity contribution in [1.29, 1.82) is 0 Å². The molecule has 0 aromatic heterocycles. The molecule has 0 aliphatic heterocycles. The number of hydrogen-bond donors (Lipinski definition) is 0. The number of ether oxygens (including phenoxy) is 1. The molecule has 2 aromatic carbocycles. The Hall–Kier alpha value is -2.39. The molecule has 9 heteroatoms. The largest absolute Gasteiger partial charge is 0.461 e. The van der Waals surface area contributed by atoms with Gasteiger partial charge in [-0.15, -0.1) is 0 Å². The molecule has 1 aliphatic carbocycles. The third-order valence-electron chi connectivity index (χ3n) is 4.67. The Kier molecular flexibility index (Phi) is 6.28. The maximum Gasteiger partial charge on any atom is 0.416 e. The zero-order chi connectivity index (χ0) is 21.1. The lowest BCUT2D eigenvalue weighted by molar-refractivity contribution is -0.149. The second kappa shape index (κ2) is 8.54. The average Bonchev–Trinajstić information content (AvgIpc) is 3.14. The van der Waals surface area contributed by atoms with Crippen molar-refractivity contribution >= 4 is 16.1 Å². The fourth-order valence-electron chi connectivity index (χ4n) is 3.13. The van der Waals surface area contributed by atoms with Crippen molar-refractivity contribution in [1.82, 2.24) is 0 Å². The van der Waals surface area contributed by atoms with Crippen LogP contribution < -0.4 is 0 Å². The second-order valence-electron chi connectivity index (χ2n) is 6.80. The Morgan fingerprint density at radius 2 is 1.66 bits per heavy atom. The van der Waals surface area contributed by atoms with Gasteiger partial charge in [-0.05, 0) is 49.1 Å². The highest BCUT2D eigenvalue weighted by molar-refractivity contribution is 7.86. The third-order valence-corrected chi connectivity index (χ3v) is 6.05. The van der Waals surface area contributed by atoms with Crippen LogP contribution in [-0.2, 0) is 36.6 Å². The van der Waals surface area contributed by atoms with Crippen molar-refractivity contribution in [3.63, 3.8) is 0 Å². The Balaban J connectivity index is 1.55. The first-order valence-corrected chi connectivity index (χ1v) is 10.4. The summed E-state index contributed by atoms with van der Waals surface area (Å²) >= 11 is 0. The molecule has 0 saturated heterocycles. The molecule has 3 rings (SSSR count). The van der Waals surface area contributed by atoms with Gasteiger partial charge in [0.1, 0.15) is 6.61 Å². The van der Waals surface area contributed by atoms with E-state index in [-0.39, 0.29) is 17.9 Å². The summed E-state index contributed by atoms with van der Waals surface area (Å²) in [6, 6.07) is 12.3. The number of hydrogen-bond acceptors (Lipinski definition) is 5. The van der Waals surface area contributed by atoms with Crippen LogP contribution in [0, 0.1) is 5.92 Å². The van der Waals surface area contributed by atoms with Gasteiger partial charge in [0, 0.05) is 0 Å². The van der Waals surface area contributed by atoms with Gasteiger partial charge in [-0.3, -0.25) is 8.98 Å². The highest BCUT2D eigenvalue weighted by Gasteiger charge is 2.35. The number of rotatable bonds is 6. The topological polar surface area (TPSA) is 69.7 Å². The highest BCUT2D eigenvalue weighted by Crippen LogP contribution is 2.33. The van der Waals surface area contributed by atoms with E-state index in [0.717, 1.165) is 17.7 Å². The molecule has 2 unspecified atom stereocenters. The smallest absolute Gasteiger partial charge is 0.416 e. The van der Waals surface area contributed by atoms with E-state index >= 15 is 0 Å². The summed E-state index contributed by atoms with van der Waals surface area (Å²) in [4.78, 5) is 11.8. The summed E-state index contributed by atoms with van der Waals surface area (Å²) < 4.78 is 72.9. The zero-order valence-electron chi connectivity index (χ0n) is 15.3. The Labute approximate surface area is 166 Å². The fourth-order valence-corrected chi connectivity index (χ4v) is 4.25. The molecule has 0 radical (unpaired) electrons. The van der Waals surface area contributed by atoms with Crippen LogP contribution in [0.15, 0.2) is 59.5 Å². The summed E-state index contributed by atoms with van der Waals surface area (Å²) in [5.41, 5.74) is -0.102. The van der Waals surface area contributed by atoms with E-state index in [0.29, 0.717) is 25.0 Å². The molecule has 0 heterocycles. The molecule has 1 saturated carbocycles. The first kappa shape index (κ1) is 21.3. The Morgan fingerprint density at radius 1 is 1.00 bits per heavy atom. The van der Waals surface area contributed by atoms with Crippen LogP contribution in [0.2, 0.25) is 0 Å². The predicted octanol–water partition coefficient (Wildman–Crippen LogP) is 4.32. The van der Waals surface area contributed by atoms with Gasteiger partial charge in [0.2, 0.25) is 0 Å². The van der Waals surface area contributed by atoms with Gasteiger partial charge >= 0.3 is 12.1 Å². The van der Waals surface area contributed by atoms with Crippen molar-refractivity contribution < 1.29 is 35.3 Å². The van der Waals surface area contributed by atoms with E-state index in [4.69, 9.17) is 8.92 Å². The Morgan fingerprint density at radius 3 is 2.28 bits per heavy atom. The van der Waals surface area contributed by atoms with Crippen molar-refractivity contribution in [3.8, 4) is 0 Å². The predicted molar refractivity (Wildman–Crippen MR) is 97.1 cm³/mol. The van der Waals surface area contributed by atoms with Crippen molar-refractivity contribution in [2.75, 3.05) is 0 Å². The molecule has 0 N–H and O–H groups in total. The van der Waals surface area contributed by atoms with Crippen LogP contribution in [0.3, 0.4) is 0 Å². The molecule has 0 bridgehead atoms. The van der Waals surface area contributed by atoms with Crippen LogP contribution in [0.4, 0.5) is 13.2 Å². The first-order valence-electron chi connectivity index (χ1n) is 8.96. The summed E-state index contributed by atoms with van der Waals surface area (Å²) in [6.45, 7) is 0.131. The van der Waals surface area contributed by atoms with Crippen molar-refractivity contribution in [2.45, 2.75) is 43.0 Å². The summed E-state index contributed by atoms with van der Waals surface area (Å²) in [5, 5.41) is 0.